The van der Waals surface area contributed by atoms with E-state index in [0.29, 0.717) is 13.2 Å². The third kappa shape index (κ3) is 2.48. The highest BCUT2D eigenvalue weighted by molar-refractivity contribution is 6.31. The predicted molar refractivity (Wildman–Crippen MR) is 81.9 cm³/mol. The molecule has 0 atom stereocenters. The van der Waals surface area contributed by atoms with Crippen LogP contribution >= 0.6 is 11.6 Å². The molecule has 1 fully saturated rings. The van der Waals surface area contributed by atoms with Gasteiger partial charge in [0.2, 0.25) is 0 Å². The fourth-order valence-electron chi connectivity index (χ4n) is 3.00. The molecule has 2 aliphatic heterocycles. The van der Waals surface area contributed by atoms with Crippen LogP contribution in [0.15, 0.2) is 18.2 Å². The molecular formula is C15H21ClN2O2. The molecule has 4 nitrogen and oxygen atoms in total. The monoisotopic (exact) mass is 296 g/mol. The van der Waals surface area contributed by atoms with E-state index in [0.717, 1.165) is 36.8 Å². The first kappa shape index (κ1) is 14.0. The largest absolute Gasteiger partial charge is 0.396 e. The zero-order valence-electron chi connectivity index (χ0n) is 11.8. The molecule has 0 spiro atoms. The zero-order chi connectivity index (χ0) is 14.2. The summed E-state index contributed by atoms with van der Waals surface area (Å²) in [6.45, 7) is 4.31. The lowest BCUT2D eigenvalue weighted by Gasteiger charge is -2.44. The number of nitrogens with zero attached hydrogens (tertiary/aromatic N) is 2. The molecule has 1 N–H and O–H groups in total. The first-order valence-corrected chi connectivity index (χ1v) is 7.46. The van der Waals surface area contributed by atoms with Crippen LogP contribution in [0.25, 0.3) is 0 Å². The minimum Gasteiger partial charge on any atom is -0.396 e. The highest BCUT2D eigenvalue weighted by Gasteiger charge is 2.40. The maximum atomic E-state index is 9.65. The number of hydrogen-bond acceptors (Lipinski definition) is 4. The summed E-state index contributed by atoms with van der Waals surface area (Å²) in [5, 5.41) is 10.4. The van der Waals surface area contributed by atoms with Crippen LogP contribution in [-0.2, 0) is 4.74 Å². The lowest BCUT2D eigenvalue weighted by Crippen LogP contribution is -2.53. The van der Waals surface area contributed by atoms with Gasteiger partial charge < -0.3 is 19.6 Å². The lowest BCUT2D eigenvalue weighted by molar-refractivity contribution is -0.131. The van der Waals surface area contributed by atoms with Crippen LogP contribution < -0.4 is 9.80 Å². The zero-order valence-corrected chi connectivity index (χ0v) is 12.6. The average molecular weight is 297 g/mol. The Morgan fingerprint density at radius 2 is 2.10 bits per heavy atom. The molecule has 0 radical (unpaired) electrons. The predicted octanol–water partition coefficient (Wildman–Crippen LogP) is 2.00. The highest BCUT2D eigenvalue weighted by atomic mass is 35.5. The smallest absolute Gasteiger partial charge is 0.0619 e. The van der Waals surface area contributed by atoms with Gasteiger partial charge in [0.15, 0.2) is 0 Å². The van der Waals surface area contributed by atoms with Crippen LogP contribution in [0.1, 0.15) is 6.42 Å². The molecule has 0 aromatic heterocycles. The van der Waals surface area contributed by atoms with Gasteiger partial charge in [0, 0.05) is 31.7 Å². The van der Waals surface area contributed by atoms with Crippen LogP contribution in [0.4, 0.5) is 11.4 Å². The number of anilines is 2. The molecule has 1 aromatic carbocycles. The van der Waals surface area contributed by atoms with E-state index in [2.05, 4.69) is 22.9 Å². The van der Waals surface area contributed by atoms with E-state index < -0.39 is 0 Å². The molecule has 2 heterocycles. The number of ether oxygens (including phenoxy) is 1. The van der Waals surface area contributed by atoms with Crippen molar-refractivity contribution < 1.29 is 9.84 Å². The molecule has 0 saturated carbocycles. The SMILES string of the molecule is CN1CCCN(CC2(CO)COC2)c2cc(Cl)ccc21. The fourth-order valence-corrected chi connectivity index (χ4v) is 3.17. The minimum absolute atomic E-state index is 0.109. The van der Waals surface area contributed by atoms with Crippen molar-refractivity contribution in [3.05, 3.63) is 23.2 Å². The molecule has 20 heavy (non-hydrogen) atoms. The topological polar surface area (TPSA) is 35.9 Å². The molecule has 1 aromatic rings. The second-order valence-corrected chi connectivity index (χ2v) is 6.42. The highest BCUT2D eigenvalue weighted by Crippen LogP contribution is 2.37. The number of halogens is 1. The van der Waals surface area contributed by atoms with Crippen LogP contribution in [0, 0.1) is 5.41 Å². The number of benzene rings is 1. The molecule has 2 aliphatic rings. The van der Waals surface area contributed by atoms with Crippen molar-refractivity contribution in [2.45, 2.75) is 6.42 Å². The second kappa shape index (κ2) is 5.43. The number of aliphatic hydroxyl groups excluding tert-OH is 1. The molecule has 0 aliphatic carbocycles. The van der Waals surface area contributed by atoms with Gasteiger partial charge in [-0.25, -0.2) is 0 Å². The molecule has 3 rings (SSSR count). The summed E-state index contributed by atoms with van der Waals surface area (Å²) in [6, 6.07) is 6.05. The van der Waals surface area contributed by atoms with Crippen LogP contribution in [0.5, 0.6) is 0 Å². The van der Waals surface area contributed by atoms with Crippen molar-refractivity contribution in [3.63, 3.8) is 0 Å². The maximum absolute atomic E-state index is 9.65. The summed E-state index contributed by atoms with van der Waals surface area (Å²) in [5.74, 6) is 0. The molecule has 1 saturated heterocycles. The van der Waals surface area contributed by atoms with E-state index in [9.17, 15) is 5.11 Å². The van der Waals surface area contributed by atoms with E-state index in [4.69, 9.17) is 16.3 Å². The van der Waals surface area contributed by atoms with Crippen molar-refractivity contribution in [3.8, 4) is 0 Å². The van der Waals surface area contributed by atoms with E-state index in [1.54, 1.807) is 0 Å². The summed E-state index contributed by atoms with van der Waals surface area (Å²) in [5.41, 5.74) is 2.26. The maximum Gasteiger partial charge on any atom is 0.0619 e. The van der Waals surface area contributed by atoms with Gasteiger partial charge in [0.1, 0.15) is 0 Å². The molecule has 0 unspecified atom stereocenters. The second-order valence-electron chi connectivity index (χ2n) is 5.98. The molecule has 5 heteroatoms. The Hall–Kier alpha value is -0.970. The third-order valence-corrected chi connectivity index (χ3v) is 4.52. The van der Waals surface area contributed by atoms with E-state index in [1.807, 2.05) is 12.1 Å². The number of hydrogen-bond donors (Lipinski definition) is 1. The Bertz CT molecular complexity index is 485. The normalized spacial score (nSPS) is 21.1. The Morgan fingerprint density at radius 3 is 2.75 bits per heavy atom. The van der Waals surface area contributed by atoms with Gasteiger partial charge in [-0.05, 0) is 24.6 Å². The summed E-state index contributed by atoms with van der Waals surface area (Å²) in [7, 11) is 2.12. The Kier molecular flexibility index (Phi) is 3.80. The van der Waals surface area contributed by atoms with Gasteiger partial charge in [-0.2, -0.15) is 0 Å². The number of fused-ring (bicyclic) bond motifs is 1. The van der Waals surface area contributed by atoms with Crippen molar-refractivity contribution in [2.24, 2.45) is 5.41 Å². The van der Waals surface area contributed by atoms with E-state index >= 15 is 0 Å². The van der Waals surface area contributed by atoms with Crippen molar-refractivity contribution in [1.82, 2.24) is 0 Å². The number of rotatable bonds is 3. The first-order valence-electron chi connectivity index (χ1n) is 7.08. The Labute approximate surface area is 124 Å². The van der Waals surface area contributed by atoms with Crippen LogP contribution in [-0.4, -0.2) is 51.6 Å². The van der Waals surface area contributed by atoms with Gasteiger partial charge in [0.25, 0.3) is 0 Å². The van der Waals surface area contributed by atoms with Gasteiger partial charge in [-0.15, -0.1) is 0 Å². The summed E-state index contributed by atoms with van der Waals surface area (Å²) in [4.78, 5) is 4.62. The lowest BCUT2D eigenvalue weighted by atomic mass is 9.86. The van der Waals surface area contributed by atoms with E-state index in [1.165, 1.54) is 5.69 Å². The Morgan fingerprint density at radius 1 is 1.30 bits per heavy atom. The van der Waals surface area contributed by atoms with Crippen molar-refractivity contribution in [2.75, 3.05) is 56.3 Å². The fraction of sp³-hybridized carbons (Fsp3) is 0.600. The van der Waals surface area contributed by atoms with Crippen LogP contribution in [0.2, 0.25) is 5.02 Å². The quantitative estimate of drug-likeness (QED) is 0.925. The van der Waals surface area contributed by atoms with Crippen LogP contribution in [0.3, 0.4) is 0 Å². The number of aliphatic hydroxyl groups is 1. The third-order valence-electron chi connectivity index (χ3n) is 4.29. The van der Waals surface area contributed by atoms with Gasteiger partial charge in [0.05, 0.1) is 36.6 Å². The van der Waals surface area contributed by atoms with Gasteiger partial charge in [-0.1, -0.05) is 11.6 Å². The summed E-state index contributed by atoms with van der Waals surface area (Å²) >= 11 is 6.18. The minimum atomic E-state index is -0.109. The summed E-state index contributed by atoms with van der Waals surface area (Å²) in [6.07, 6.45) is 1.10. The summed E-state index contributed by atoms with van der Waals surface area (Å²) < 4.78 is 5.31. The van der Waals surface area contributed by atoms with E-state index in [-0.39, 0.29) is 12.0 Å². The molecule has 0 amide bonds. The molecular weight excluding hydrogens is 276 g/mol. The van der Waals surface area contributed by atoms with Crippen molar-refractivity contribution in [1.29, 1.82) is 0 Å². The Balaban J connectivity index is 1.91. The standard InChI is InChI=1S/C15H21ClN2O2/c1-17-5-2-6-18(8-15(9-19)10-20-11-15)14-7-12(16)3-4-13(14)17/h3-4,7,19H,2,5-6,8-11H2,1H3. The average Bonchev–Trinajstić information content (AvgIpc) is 2.54. The van der Waals surface area contributed by atoms with Gasteiger partial charge >= 0.3 is 0 Å². The van der Waals surface area contributed by atoms with Crippen molar-refractivity contribution >= 4 is 23.0 Å². The van der Waals surface area contributed by atoms with Gasteiger partial charge in [-0.3, -0.25) is 0 Å². The first-order chi connectivity index (χ1) is 9.63. The molecule has 110 valence electrons. The molecule has 0 bridgehead atoms.